The standard InChI is InChI=1S/C21H17FN6O3S/c22-13-5-4-6-14(9-13)23-19(30)12-32-21-27-26-17(28(21)16-7-2-1-3-8-16)10-15-11-18(29)25-20(31)24-15/h1-9,11H,10,12H2,(H,23,30)(H2,24,25,29,31). The van der Waals surface area contributed by atoms with Crippen molar-refractivity contribution < 1.29 is 9.18 Å². The van der Waals surface area contributed by atoms with E-state index in [0.29, 0.717) is 22.4 Å². The van der Waals surface area contributed by atoms with E-state index in [0.717, 1.165) is 17.4 Å². The van der Waals surface area contributed by atoms with Crippen LogP contribution in [-0.4, -0.2) is 36.4 Å². The van der Waals surface area contributed by atoms with Crippen LogP contribution in [0.5, 0.6) is 0 Å². The van der Waals surface area contributed by atoms with Gasteiger partial charge < -0.3 is 10.3 Å². The fraction of sp³-hybridized carbons (Fsp3) is 0.0952. The summed E-state index contributed by atoms with van der Waals surface area (Å²) in [5.74, 6) is -0.278. The van der Waals surface area contributed by atoms with Gasteiger partial charge in [0.05, 0.1) is 5.75 Å². The maximum absolute atomic E-state index is 13.3. The summed E-state index contributed by atoms with van der Waals surface area (Å²) < 4.78 is 15.1. The van der Waals surface area contributed by atoms with Crippen LogP contribution in [0.2, 0.25) is 0 Å². The molecule has 0 aliphatic carbocycles. The number of hydrogen-bond donors (Lipinski definition) is 3. The van der Waals surface area contributed by atoms with Crippen LogP contribution in [0.3, 0.4) is 0 Å². The molecule has 0 aliphatic rings. The number of para-hydroxylation sites is 1. The van der Waals surface area contributed by atoms with Gasteiger partial charge in [0.1, 0.15) is 11.6 Å². The number of hydrogen-bond acceptors (Lipinski definition) is 6. The molecule has 0 spiro atoms. The van der Waals surface area contributed by atoms with Crippen LogP contribution in [0, 0.1) is 5.82 Å². The van der Waals surface area contributed by atoms with Crippen molar-refractivity contribution in [1.82, 2.24) is 24.7 Å². The van der Waals surface area contributed by atoms with E-state index in [4.69, 9.17) is 0 Å². The molecule has 162 valence electrons. The van der Waals surface area contributed by atoms with Crippen LogP contribution >= 0.6 is 11.8 Å². The Bertz CT molecular complexity index is 1340. The van der Waals surface area contributed by atoms with Gasteiger partial charge in [0, 0.05) is 29.6 Å². The number of aromatic amines is 2. The molecular weight excluding hydrogens is 435 g/mol. The number of H-pyrrole nitrogens is 2. The quantitative estimate of drug-likeness (QED) is 0.369. The highest BCUT2D eigenvalue weighted by molar-refractivity contribution is 7.99. The Hall–Kier alpha value is -3.99. The number of benzene rings is 2. The molecule has 2 aromatic heterocycles. The maximum Gasteiger partial charge on any atom is 0.325 e. The largest absolute Gasteiger partial charge is 0.325 e. The zero-order valence-corrected chi connectivity index (χ0v) is 17.4. The Morgan fingerprint density at radius 1 is 1.03 bits per heavy atom. The minimum atomic E-state index is -0.609. The van der Waals surface area contributed by atoms with E-state index in [2.05, 4.69) is 25.5 Å². The molecule has 0 saturated heterocycles. The Morgan fingerprint density at radius 2 is 1.84 bits per heavy atom. The van der Waals surface area contributed by atoms with Gasteiger partial charge in [-0.3, -0.25) is 19.1 Å². The smallest absolute Gasteiger partial charge is 0.325 e. The average Bonchev–Trinajstić information content (AvgIpc) is 3.14. The summed E-state index contributed by atoms with van der Waals surface area (Å²) in [6.45, 7) is 0. The fourth-order valence-electron chi connectivity index (χ4n) is 3.02. The second kappa shape index (κ2) is 9.43. The monoisotopic (exact) mass is 452 g/mol. The van der Waals surface area contributed by atoms with Crippen LogP contribution in [0.25, 0.3) is 5.69 Å². The molecule has 4 aromatic rings. The van der Waals surface area contributed by atoms with Crippen molar-refractivity contribution >= 4 is 23.4 Å². The zero-order valence-electron chi connectivity index (χ0n) is 16.5. The molecule has 3 N–H and O–H groups in total. The van der Waals surface area contributed by atoms with Crippen molar-refractivity contribution in [3.63, 3.8) is 0 Å². The highest BCUT2D eigenvalue weighted by Gasteiger charge is 2.17. The minimum Gasteiger partial charge on any atom is -0.325 e. The van der Waals surface area contributed by atoms with Crippen molar-refractivity contribution in [1.29, 1.82) is 0 Å². The topological polar surface area (TPSA) is 126 Å². The van der Waals surface area contributed by atoms with Crippen LogP contribution in [0.1, 0.15) is 11.5 Å². The molecule has 0 unspecified atom stereocenters. The fourth-order valence-corrected chi connectivity index (χ4v) is 3.79. The summed E-state index contributed by atoms with van der Waals surface area (Å²) >= 11 is 1.15. The molecule has 9 nitrogen and oxygen atoms in total. The predicted molar refractivity (Wildman–Crippen MR) is 118 cm³/mol. The number of aromatic nitrogens is 5. The van der Waals surface area contributed by atoms with Gasteiger partial charge in [0.25, 0.3) is 5.56 Å². The average molecular weight is 452 g/mol. The first-order valence-corrected chi connectivity index (χ1v) is 10.5. The Kier molecular flexibility index (Phi) is 6.26. The number of carbonyl (C=O) groups excluding carboxylic acids is 1. The van der Waals surface area contributed by atoms with E-state index in [1.807, 2.05) is 30.3 Å². The third kappa shape index (κ3) is 5.19. The van der Waals surface area contributed by atoms with Crippen molar-refractivity contribution in [2.45, 2.75) is 11.6 Å². The third-order valence-electron chi connectivity index (χ3n) is 4.32. The van der Waals surface area contributed by atoms with Gasteiger partial charge in [0.2, 0.25) is 5.91 Å². The lowest BCUT2D eigenvalue weighted by Crippen LogP contribution is -2.23. The Balaban J connectivity index is 1.57. The molecular formula is C21H17FN6O3S. The highest BCUT2D eigenvalue weighted by atomic mass is 32.2. The maximum atomic E-state index is 13.3. The molecule has 0 radical (unpaired) electrons. The Morgan fingerprint density at radius 3 is 2.59 bits per heavy atom. The molecule has 0 atom stereocenters. The lowest BCUT2D eigenvalue weighted by molar-refractivity contribution is -0.113. The molecule has 0 aliphatic heterocycles. The molecule has 4 rings (SSSR count). The number of nitrogens with zero attached hydrogens (tertiary/aromatic N) is 3. The molecule has 11 heteroatoms. The van der Waals surface area contributed by atoms with Crippen molar-refractivity contribution in [2.75, 3.05) is 11.1 Å². The normalized spacial score (nSPS) is 10.8. The predicted octanol–water partition coefficient (Wildman–Crippen LogP) is 2.10. The van der Waals surface area contributed by atoms with E-state index in [9.17, 15) is 18.8 Å². The van der Waals surface area contributed by atoms with E-state index in [-0.39, 0.29) is 18.1 Å². The van der Waals surface area contributed by atoms with Crippen LogP contribution < -0.4 is 16.6 Å². The van der Waals surface area contributed by atoms with Gasteiger partial charge in [-0.25, -0.2) is 9.18 Å². The van der Waals surface area contributed by atoms with Gasteiger partial charge in [-0.1, -0.05) is 36.0 Å². The molecule has 0 saturated carbocycles. The first-order chi connectivity index (χ1) is 15.5. The number of carbonyl (C=O) groups is 1. The summed E-state index contributed by atoms with van der Waals surface area (Å²) in [5, 5.41) is 11.5. The number of halogens is 1. The number of rotatable bonds is 7. The van der Waals surface area contributed by atoms with E-state index in [1.165, 1.54) is 24.3 Å². The van der Waals surface area contributed by atoms with Gasteiger partial charge in [-0.05, 0) is 30.3 Å². The van der Waals surface area contributed by atoms with Crippen LogP contribution in [-0.2, 0) is 11.2 Å². The lowest BCUT2D eigenvalue weighted by Gasteiger charge is -2.10. The highest BCUT2D eigenvalue weighted by Crippen LogP contribution is 2.23. The second-order valence-electron chi connectivity index (χ2n) is 6.71. The SMILES string of the molecule is O=C(CSc1nnc(Cc2cc(=O)[nH]c(=O)[nH]2)n1-c1ccccc1)Nc1cccc(F)c1. The first kappa shape index (κ1) is 21.2. The molecule has 1 amide bonds. The van der Waals surface area contributed by atoms with Crippen molar-refractivity contribution in [2.24, 2.45) is 0 Å². The summed E-state index contributed by atoms with van der Waals surface area (Å²) in [6, 6.07) is 16.2. The zero-order chi connectivity index (χ0) is 22.5. The Labute approximate surface area is 184 Å². The second-order valence-corrected chi connectivity index (χ2v) is 7.65. The van der Waals surface area contributed by atoms with Gasteiger partial charge in [-0.2, -0.15) is 0 Å². The van der Waals surface area contributed by atoms with E-state index >= 15 is 0 Å². The van der Waals surface area contributed by atoms with Crippen LogP contribution in [0.15, 0.2) is 75.4 Å². The molecule has 2 heterocycles. The van der Waals surface area contributed by atoms with Gasteiger partial charge in [0.15, 0.2) is 5.16 Å². The molecule has 0 fully saturated rings. The third-order valence-corrected chi connectivity index (χ3v) is 5.25. The van der Waals surface area contributed by atoms with E-state index in [1.54, 1.807) is 10.6 Å². The van der Waals surface area contributed by atoms with Crippen molar-refractivity contribution in [3.8, 4) is 5.69 Å². The number of nitrogens with one attached hydrogen (secondary N) is 3. The van der Waals surface area contributed by atoms with E-state index < -0.39 is 17.1 Å². The number of thioether (sulfide) groups is 1. The summed E-state index contributed by atoms with van der Waals surface area (Å²) in [4.78, 5) is 40.2. The molecule has 0 bridgehead atoms. The van der Waals surface area contributed by atoms with Gasteiger partial charge >= 0.3 is 5.69 Å². The number of amides is 1. The summed E-state index contributed by atoms with van der Waals surface area (Å²) in [6.07, 6.45) is 0.150. The van der Waals surface area contributed by atoms with Crippen LogP contribution in [0.4, 0.5) is 10.1 Å². The molecule has 32 heavy (non-hydrogen) atoms. The number of anilines is 1. The molecule has 2 aromatic carbocycles. The summed E-state index contributed by atoms with van der Waals surface area (Å²) in [7, 11) is 0. The van der Waals surface area contributed by atoms with Crippen molar-refractivity contribution in [3.05, 3.63) is 98.8 Å². The van der Waals surface area contributed by atoms with Gasteiger partial charge in [-0.15, -0.1) is 10.2 Å². The summed E-state index contributed by atoms with van der Waals surface area (Å²) in [5.41, 5.74) is 0.371. The minimum absolute atomic E-state index is 0.0172. The first-order valence-electron chi connectivity index (χ1n) is 9.48. The lowest BCUT2D eigenvalue weighted by atomic mass is 10.2.